The third-order valence-corrected chi connectivity index (χ3v) is 6.37. The van der Waals surface area contributed by atoms with Crippen LogP contribution in [0.1, 0.15) is 61.5 Å². The topological polar surface area (TPSA) is 113 Å². The Morgan fingerprint density at radius 2 is 1.74 bits per heavy atom. The molecular weight excluding hydrogens is 448 g/mol. The molecular formula is C27H28N2O6. The predicted molar refractivity (Wildman–Crippen MR) is 130 cm³/mol. The highest BCUT2D eigenvalue weighted by atomic mass is 16.5. The molecule has 1 aliphatic heterocycles. The molecule has 2 aromatic rings. The summed E-state index contributed by atoms with van der Waals surface area (Å²) in [5, 5.41) is 12.6. The maximum Gasteiger partial charge on any atom is 0.337 e. The molecule has 182 valence electrons. The first-order valence-corrected chi connectivity index (χ1v) is 11.5. The summed E-state index contributed by atoms with van der Waals surface area (Å²) in [6.07, 6.45) is 0.378. The monoisotopic (exact) mass is 476 g/mol. The highest BCUT2D eigenvalue weighted by Gasteiger charge is 2.43. The van der Waals surface area contributed by atoms with Gasteiger partial charge < -0.3 is 15.2 Å². The number of ether oxygens (including phenoxy) is 1. The fourth-order valence-electron chi connectivity index (χ4n) is 4.83. The number of hydrogen-bond acceptors (Lipinski definition) is 6. The van der Waals surface area contributed by atoms with Crippen molar-refractivity contribution < 1.29 is 29.0 Å². The summed E-state index contributed by atoms with van der Waals surface area (Å²) in [6, 6.07) is 13.1. The van der Waals surface area contributed by atoms with E-state index in [1.54, 1.807) is 36.4 Å². The molecule has 0 saturated heterocycles. The van der Waals surface area contributed by atoms with Gasteiger partial charge in [0.05, 0.1) is 36.5 Å². The number of allylic oxidation sites excluding steroid dienone is 1. The largest absolute Gasteiger partial charge is 0.481 e. The molecule has 1 amide bonds. The minimum Gasteiger partial charge on any atom is -0.481 e. The third-order valence-electron chi connectivity index (χ3n) is 6.37. The number of benzene rings is 2. The van der Waals surface area contributed by atoms with Crippen molar-refractivity contribution in [1.29, 1.82) is 0 Å². The number of methoxy groups -OCH3 is 1. The lowest BCUT2D eigenvalue weighted by atomic mass is 9.73. The number of carbonyl (C=O) groups is 4. The maximum absolute atomic E-state index is 13.6. The van der Waals surface area contributed by atoms with Gasteiger partial charge >= 0.3 is 11.9 Å². The first-order chi connectivity index (χ1) is 16.6. The summed E-state index contributed by atoms with van der Waals surface area (Å²) in [4.78, 5) is 51.9. The fourth-order valence-corrected chi connectivity index (χ4v) is 4.83. The molecule has 1 aliphatic carbocycles. The van der Waals surface area contributed by atoms with Gasteiger partial charge in [-0.2, -0.15) is 0 Å². The van der Waals surface area contributed by atoms with E-state index in [4.69, 9.17) is 4.74 Å². The van der Waals surface area contributed by atoms with Crippen LogP contribution in [0.25, 0.3) is 0 Å². The first-order valence-electron chi connectivity index (χ1n) is 11.5. The van der Waals surface area contributed by atoms with Crippen molar-refractivity contribution in [3.63, 3.8) is 0 Å². The van der Waals surface area contributed by atoms with Gasteiger partial charge in [0.2, 0.25) is 5.91 Å². The number of esters is 1. The lowest BCUT2D eigenvalue weighted by molar-refractivity contribution is -0.138. The maximum atomic E-state index is 13.6. The number of amides is 1. The lowest BCUT2D eigenvalue weighted by Gasteiger charge is -2.37. The molecule has 8 nitrogen and oxygen atoms in total. The van der Waals surface area contributed by atoms with E-state index in [2.05, 4.69) is 5.32 Å². The zero-order chi connectivity index (χ0) is 25.3. The van der Waals surface area contributed by atoms with Crippen LogP contribution in [0, 0.1) is 5.41 Å². The Balaban J connectivity index is 1.93. The minimum atomic E-state index is -1.08. The van der Waals surface area contributed by atoms with E-state index in [0.717, 1.165) is 5.70 Å². The van der Waals surface area contributed by atoms with E-state index in [9.17, 15) is 24.3 Å². The normalized spacial score (nSPS) is 18.7. The second-order valence-corrected chi connectivity index (χ2v) is 9.65. The number of nitrogens with zero attached hydrogens (tertiary/aromatic N) is 1. The van der Waals surface area contributed by atoms with Gasteiger partial charge in [0.25, 0.3) is 0 Å². The van der Waals surface area contributed by atoms with Crippen LogP contribution in [0.15, 0.2) is 59.8 Å². The van der Waals surface area contributed by atoms with Crippen LogP contribution in [-0.4, -0.2) is 35.8 Å². The summed E-state index contributed by atoms with van der Waals surface area (Å²) < 4.78 is 4.80. The Kier molecular flexibility index (Phi) is 6.47. The number of rotatable bonds is 5. The van der Waals surface area contributed by atoms with Gasteiger partial charge in [0, 0.05) is 24.1 Å². The number of para-hydroxylation sites is 2. The van der Waals surface area contributed by atoms with Gasteiger partial charge in [0.15, 0.2) is 5.78 Å². The lowest BCUT2D eigenvalue weighted by Crippen LogP contribution is -2.39. The fraction of sp³-hybridized carbons (Fsp3) is 0.333. The Hall–Kier alpha value is -3.94. The molecule has 0 aromatic heterocycles. The molecule has 2 aliphatic rings. The molecule has 2 N–H and O–H groups in total. The molecule has 2 aromatic carbocycles. The van der Waals surface area contributed by atoms with Crippen LogP contribution < -0.4 is 10.2 Å². The van der Waals surface area contributed by atoms with Gasteiger partial charge in [0.1, 0.15) is 0 Å². The Bertz CT molecular complexity index is 1230. The van der Waals surface area contributed by atoms with Gasteiger partial charge in [-0.05, 0) is 41.7 Å². The first kappa shape index (κ1) is 24.2. The Morgan fingerprint density at radius 3 is 2.40 bits per heavy atom. The quantitative estimate of drug-likeness (QED) is 0.612. The number of nitrogens with one attached hydrogen (secondary N) is 1. The molecule has 35 heavy (non-hydrogen) atoms. The van der Waals surface area contributed by atoms with Crippen LogP contribution in [-0.2, 0) is 19.1 Å². The molecule has 1 atom stereocenters. The van der Waals surface area contributed by atoms with Crippen molar-refractivity contribution in [1.82, 2.24) is 0 Å². The molecule has 0 bridgehead atoms. The number of carboxylic acids is 1. The number of aliphatic carboxylic acids is 1. The van der Waals surface area contributed by atoms with Gasteiger partial charge in [-0.25, -0.2) is 4.79 Å². The van der Waals surface area contributed by atoms with E-state index in [1.807, 2.05) is 26.0 Å². The average Bonchev–Trinajstić information content (AvgIpc) is 2.95. The molecule has 0 fully saturated rings. The van der Waals surface area contributed by atoms with E-state index in [-0.39, 0.29) is 24.0 Å². The number of carbonyl (C=O) groups excluding carboxylic acids is 3. The molecule has 0 spiro atoms. The van der Waals surface area contributed by atoms with Crippen molar-refractivity contribution >= 4 is 35.0 Å². The standard InChI is InChI=1S/C27H28N2O6/c1-27(2)14-19-24(21(30)15-27)25(16-8-10-17(11-9-16)26(34)35-3)29(22(31)12-13-23(32)33)20-7-5-4-6-18(20)28-19/h4-11,25,28H,12-15H2,1-3H3,(H,32,33)/t25-/m1/s1. The van der Waals surface area contributed by atoms with E-state index in [1.165, 1.54) is 12.0 Å². The van der Waals surface area contributed by atoms with Crippen molar-refractivity contribution in [2.45, 2.75) is 45.6 Å². The number of hydrogen-bond donors (Lipinski definition) is 2. The minimum absolute atomic E-state index is 0.0744. The van der Waals surface area contributed by atoms with Crippen LogP contribution in [0.2, 0.25) is 0 Å². The molecule has 0 saturated carbocycles. The van der Waals surface area contributed by atoms with Crippen molar-refractivity contribution in [3.8, 4) is 0 Å². The Labute approximate surface area is 203 Å². The molecule has 4 rings (SSSR count). The van der Waals surface area contributed by atoms with E-state index < -0.39 is 23.9 Å². The number of carboxylic acid groups (broad SMARTS) is 1. The molecule has 8 heteroatoms. The van der Waals surface area contributed by atoms with Crippen molar-refractivity contribution in [3.05, 3.63) is 70.9 Å². The summed E-state index contributed by atoms with van der Waals surface area (Å²) in [5.41, 5.74) is 3.18. The smallest absolute Gasteiger partial charge is 0.337 e. The number of Topliss-reactive ketones (excluding diaryl/α,β-unsaturated/α-hetero) is 1. The van der Waals surface area contributed by atoms with E-state index >= 15 is 0 Å². The second kappa shape index (κ2) is 9.37. The Morgan fingerprint density at radius 1 is 1.06 bits per heavy atom. The summed E-state index contributed by atoms with van der Waals surface area (Å²) in [6.45, 7) is 4.06. The number of ketones is 1. The average molecular weight is 477 g/mol. The molecule has 1 heterocycles. The summed E-state index contributed by atoms with van der Waals surface area (Å²) >= 11 is 0. The van der Waals surface area contributed by atoms with Crippen molar-refractivity contribution in [2.24, 2.45) is 5.41 Å². The zero-order valence-corrected chi connectivity index (χ0v) is 20.0. The molecule has 0 unspecified atom stereocenters. The van der Waals surface area contributed by atoms with Crippen LogP contribution >= 0.6 is 0 Å². The number of fused-ring (bicyclic) bond motifs is 1. The van der Waals surface area contributed by atoms with Gasteiger partial charge in [-0.3, -0.25) is 19.3 Å². The highest BCUT2D eigenvalue weighted by Crippen LogP contribution is 2.48. The van der Waals surface area contributed by atoms with Crippen LogP contribution in [0.4, 0.5) is 11.4 Å². The third kappa shape index (κ3) is 4.82. The summed E-state index contributed by atoms with van der Waals surface area (Å²) in [5.74, 6) is -2.05. The number of anilines is 2. The summed E-state index contributed by atoms with van der Waals surface area (Å²) in [7, 11) is 1.30. The highest BCUT2D eigenvalue weighted by molar-refractivity contribution is 6.06. The van der Waals surface area contributed by atoms with Gasteiger partial charge in [-0.15, -0.1) is 0 Å². The SMILES string of the molecule is COC(=O)c1ccc([C@@H]2C3=C(CC(C)(C)CC3=O)Nc3ccccc3N2C(=O)CCC(=O)O)cc1. The van der Waals surface area contributed by atoms with E-state index in [0.29, 0.717) is 40.9 Å². The van der Waals surface area contributed by atoms with Crippen molar-refractivity contribution in [2.75, 3.05) is 17.3 Å². The van der Waals surface area contributed by atoms with Gasteiger partial charge in [-0.1, -0.05) is 38.1 Å². The second-order valence-electron chi connectivity index (χ2n) is 9.65. The molecule has 0 radical (unpaired) electrons. The van der Waals surface area contributed by atoms with Crippen LogP contribution in [0.3, 0.4) is 0 Å². The zero-order valence-electron chi connectivity index (χ0n) is 20.0. The predicted octanol–water partition coefficient (Wildman–Crippen LogP) is 4.48. The van der Waals surface area contributed by atoms with Crippen LogP contribution in [0.5, 0.6) is 0 Å².